The lowest BCUT2D eigenvalue weighted by molar-refractivity contribution is -0.134. The van der Waals surface area contributed by atoms with Crippen LogP contribution >= 0.6 is 15.9 Å². The third-order valence-electron chi connectivity index (χ3n) is 2.07. The summed E-state index contributed by atoms with van der Waals surface area (Å²) < 4.78 is 0.853. The molecule has 0 bridgehead atoms. The zero-order valence-corrected chi connectivity index (χ0v) is 9.13. The zero-order chi connectivity index (χ0) is 10.1. The fourth-order valence-electron chi connectivity index (χ4n) is 0.995. The van der Waals surface area contributed by atoms with Crippen molar-refractivity contribution in [3.8, 4) is 0 Å². The molecule has 0 fully saturated rings. The van der Waals surface area contributed by atoms with E-state index in [0.29, 0.717) is 5.56 Å². The highest BCUT2D eigenvalue weighted by molar-refractivity contribution is 9.10. The number of aliphatic hydroxyl groups is 1. The molecule has 13 heavy (non-hydrogen) atoms. The Morgan fingerprint density at radius 3 is 2.62 bits per heavy atom. The molecule has 70 valence electrons. The average molecular weight is 243 g/mol. The molecule has 0 saturated heterocycles. The molecule has 0 radical (unpaired) electrons. The van der Waals surface area contributed by atoms with Gasteiger partial charge in [0, 0.05) is 4.47 Å². The number of ketones is 1. The summed E-state index contributed by atoms with van der Waals surface area (Å²) in [5, 5.41) is 9.82. The fourth-order valence-corrected chi connectivity index (χ4v) is 1.39. The molecule has 1 unspecified atom stereocenters. The lowest BCUT2D eigenvalue weighted by atomic mass is 9.92. The fraction of sp³-hybridized carbons (Fsp3) is 0.300. The first-order valence-corrected chi connectivity index (χ1v) is 4.73. The van der Waals surface area contributed by atoms with E-state index in [0.717, 1.165) is 4.47 Å². The second kappa shape index (κ2) is 3.60. The van der Waals surface area contributed by atoms with Crippen molar-refractivity contribution >= 4 is 21.7 Å². The van der Waals surface area contributed by atoms with Crippen LogP contribution in [0, 0.1) is 0 Å². The zero-order valence-electron chi connectivity index (χ0n) is 7.54. The summed E-state index contributed by atoms with van der Waals surface area (Å²) in [4.78, 5) is 11.1. The Kier molecular flexibility index (Phi) is 2.88. The Morgan fingerprint density at radius 2 is 2.15 bits per heavy atom. The van der Waals surface area contributed by atoms with Crippen LogP contribution < -0.4 is 0 Å². The number of Topliss-reactive ketones (excluding diaryl/α,β-unsaturated/α-hetero) is 1. The normalized spacial score (nSPS) is 15.1. The SMILES string of the molecule is CC(=O)C(C)(O)c1cccc(Br)c1. The van der Waals surface area contributed by atoms with Crippen LogP contribution in [0.15, 0.2) is 28.7 Å². The molecule has 0 amide bonds. The first-order chi connectivity index (χ1) is 5.94. The quantitative estimate of drug-likeness (QED) is 0.864. The second-order valence-electron chi connectivity index (χ2n) is 3.14. The van der Waals surface area contributed by atoms with Crippen molar-refractivity contribution in [3.63, 3.8) is 0 Å². The molecule has 2 nitrogen and oxygen atoms in total. The van der Waals surface area contributed by atoms with Crippen LogP contribution in [-0.2, 0) is 10.4 Å². The number of carbonyl (C=O) groups is 1. The average Bonchev–Trinajstić information content (AvgIpc) is 2.04. The van der Waals surface area contributed by atoms with E-state index in [1.165, 1.54) is 13.8 Å². The predicted molar refractivity (Wildman–Crippen MR) is 54.4 cm³/mol. The maximum Gasteiger partial charge on any atom is 0.165 e. The molecule has 1 rings (SSSR count). The Balaban J connectivity index is 3.14. The monoisotopic (exact) mass is 242 g/mol. The molecule has 0 spiro atoms. The van der Waals surface area contributed by atoms with Crippen LogP contribution in [0.4, 0.5) is 0 Å². The molecule has 3 heteroatoms. The van der Waals surface area contributed by atoms with Crippen molar-refractivity contribution in [2.24, 2.45) is 0 Å². The van der Waals surface area contributed by atoms with E-state index in [1.807, 2.05) is 6.07 Å². The van der Waals surface area contributed by atoms with Gasteiger partial charge >= 0.3 is 0 Å². The summed E-state index contributed by atoms with van der Waals surface area (Å²) in [7, 11) is 0. The van der Waals surface area contributed by atoms with Gasteiger partial charge in [-0.25, -0.2) is 0 Å². The maximum absolute atomic E-state index is 11.1. The molecule has 1 aromatic carbocycles. The van der Waals surface area contributed by atoms with Gasteiger partial charge in [-0.3, -0.25) is 4.79 Å². The van der Waals surface area contributed by atoms with E-state index < -0.39 is 5.60 Å². The highest BCUT2D eigenvalue weighted by Crippen LogP contribution is 2.24. The number of halogens is 1. The molecule has 0 saturated carbocycles. The lowest BCUT2D eigenvalue weighted by Gasteiger charge is -2.20. The van der Waals surface area contributed by atoms with Gasteiger partial charge in [0.2, 0.25) is 0 Å². The van der Waals surface area contributed by atoms with Crippen LogP contribution in [0.3, 0.4) is 0 Å². The molecule has 0 aliphatic carbocycles. The Morgan fingerprint density at radius 1 is 1.54 bits per heavy atom. The van der Waals surface area contributed by atoms with Gasteiger partial charge in [-0.05, 0) is 31.5 Å². The third-order valence-corrected chi connectivity index (χ3v) is 2.57. The minimum atomic E-state index is -1.39. The minimum absolute atomic E-state index is 0.259. The third kappa shape index (κ3) is 2.17. The number of carbonyl (C=O) groups excluding carboxylic acids is 1. The van der Waals surface area contributed by atoms with Crippen LogP contribution in [-0.4, -0.2) is 10.9 Å². The van der Waals surface area contributed by atoms with Gasteiger partial charge in [-0.1, -0.05) is 28.1 Å². The van der Waals surface area contributed by atoms with Gasteiger partial charge in [0.1, 0.15) is 5.60 Å². The number of benzene rings is 1. The molecule has 0 heterocycles. The van der Waals surface area contributed by atoms with Crippen LogP contribution in [0.1, 0.15) is 19.4 Å². The molecular formula is C10H11BrO2. The van der Waals surface area contributed by atoms with E-state index in [-0.39, 0.29) is 5.78 Å². The van der Waals surface area contributed by atoms with Gasteiger partial charge in [-0.15, -0.1) is 0 Å². The van der Waals surface area contributed by atoms with Crippen molar-refractivity contribution in [3.05, 3.63) is 34.3 Å². The minimum Gasteiger partial charge on any atom is -0.378 e. The molecule has 0 aliphatic rings. The van der Waals surface area contributed by atoms with Crippen molar-refractivity contribution < 1.29 is 9.90 Å². The first kappa shape index (κ1) is 10.4. The summed E-state index contributed by atoms with van der Waals surface area (Å²) >= 11 is 3.28. The van der Waals surface area contributed by atoms with Crippen molar-refractivity contribution in [1.82, 2.24) is 0 Å². The number of hydrogen-bond acceptors (Lipinski definition) is 2. The van der Waals surface area contributed by atoms with Crippen LogP contribution in [0.5, 0.6) is 0 Å². The molecule has 1 N–H and O–H groups in total. The highest BCUT2D eigenvalue weighted by Gasteiger charge is 2.28. The summed E-state index contributed by atoms with van der Waals surface area (Å²) in [5.41, 5.74) is -0.779. The molecular weight excluding hydrogens is 232 g/mol. The van der Waals surface area contributed by atoms with Crippen molar-refractivity contribution in [1.29, 1.82) is 0 Å². The van der Waals surface area contributed by atoms with Gasteiger partial charge < -0.3 is 5.11 Å². The Bertz CT molecular complexity index is 331. The van der Waals surface area contributed by atoms with E-state index in [1.54, 1.807) is 18.2 Å². The number of rotatable bonds is 2. The highest BCUT2D eigenvalue weighted by atomic mass is 79.9. The molecule has 0 aromatic heterocycles. The summed E-state index contributed by atoms with van der Waals surface area (Å²) in [6.45, 7) is 2.87. The predicted octanol–water partition coefficient (Wildman–Crippen LogP) is 2.25. The largest absolute Gasteiger partial charge is 0.378 e. The second-order valence-corrected chi connectivity index (χ2v) is 4.05. The van der Waals surface area contributed by atoms with Crippen LogP contribution in [0.25, 0.3) is 0 Å². The molecule has 1 atom stereocenters. The standard InChI is InChI=1S/C10H11BrO2/c1-7(12)10(2,13)8-4-3-5-9(11)6-8/h3-6,13H,1-2H3. The van der Waals surface area contributed by atoms with Gasteiger partial charge in [0.05, 0.1) is 0 Å². The van der Waals surface area contributed by atoms with Gasteiger partial charge in [-0.2, -0.15) is 0 Å². The summed E-state index contributed by atoms with van der Waals surface area (Å²) in [5.74, 6) is -0.259. The van der Waals surface area contributed by atoms with E-state index >= 15 is 0 Å². The van der Waals surface area contributed by atoms with Crippen molar-refractivity contribution in [2.45, 2.75) is 19.4 Å². The van der Waals surface area contributed by atoms with Crippen molar-refractivity contribution in [2.75, 3.05) is 0 Å². The van der Waals surface area contributed by atoms with E-state index in [4.69, 9.17) is 0 Å². The molecule has 1 aromatic rings. The summed E-state index contributed by atoms with van der Waals surface area (Å²) in [6, 6.07) is 7.10. The lowest BCUT2D eigenvalue weighted by Crippen LogP contribution is -2.29. The smallest absolute Gasteiger partial charge is 0.165 e. The first-order valence-electron chi connectivity index (χ1n) is 3.94. The van der Waals surface area contributed by atoms with Gasteiger partial charge in [0.25, 0.3) is 0 Å². The molecule has 0 aliphatic heterocycles. The summed E-state index contributed by atoms with van der Waals surface area (Å²) in [6.07, 6.45) is 0. The topological polar surface area (TPSA) is 37.3 Å². The Labute approximate surface area is 85.7 Å². The van der Waals surface area contributed by atoms with E-state index in [9.17, 15) is 9.90 Å². The number of hydrogen-bond donors (Lipinski definition) is 1. The maximum atomic E-state index is 11.1. The van der Waals surface area contributed by atoms with E-state index in [2.05, 4.69) is 15.9 Å². The van der Waals surface area contributed by atoms with Crippen LogP contribution in [0.2, 0.25) is 0 Å². The van der Waals surface area contributed by atoms with Gasteiger partial charge in [0.15, 0.2) is 5.78 Å². The Hall–Kier alpha value is -0.670.